The standard InChI is InChI=1S/C4H9NO3S/c1-2-3-4(6)9(5,7)8/h2-3H2,1H3,(H2,5,7,8). The monoisotopic (exact) mass is 151 g/mol. The molecule has 0 aromatic carbocycles. The van der Waals surface area contributed by atoms with Crippen LogP contribution in [0.5, 0.6) is 0 Å². The highest BCUT2D eigenvalue weighted by molar-refractivity contribution is 8.04. The van der Waals surface area contributed by atoms with Crippen LogP contribution in [0.15, 0.2) is 0 Å². The molecule has 0 aliphatic rings. The lowest BCUT2D eigenvalue weighted by molar-refractivity contribution is -0.111. The minimum absolute atomic E-state index is 0.0127. The summed E-state index contributed by atoms with van der Waals surface area (Å²) >= 11 is 0. The lowest BCUT2D eigenvalue weighted by Gasteiger charge is -1.90. The fourth-order valence-electron chi connectivity index (χ4n) is 0.346. The summed E-state index contributed by atoms with van der Waals surface area (Å²) < 4.78 is 20.3. The van der Waals surface area contributed by atoms with Crippen molar-refractivity contribution >= 4 is 15.1 Å². The molecule has 0 aliphatic carbocycles. The summed E-state index contributed by atoms with van der Waals surface area (Å²) in [5.74, 6) is 0. The maximum absolute atomic E-state index is 10.4. The summed E-state index contributed by atoms with van der Waals surface area (Å²) in [5, 5.41) is 3.60. The van der Waals surface area contributed by atoms with Gasteiger partial charge in [0, 0.05) is 6.42 Å². The van der Waals surface area contributed by atoms with Gasteiger partial charge >= 0.3 is 0 Å². The van der Waals surface area contributed by atoms with Gasteiger partial charge < -0.3 is 0 Å². The topological polar surface area (TPSA) is 77.2 Å². The fourth-order valence-corrected chi connectivity index (χ4v) is 0.835. The Kier molecular flexibility index (Phi) is 2.80. The first kappa shape index (κ1) is 8.58. The Labute approximate surface area is 54.1 Å². The molecule has 0 amide bonds. The van der Waals surface area contributed by atoms with E-state index in [0.29, 0.717) is 6.42 Å². The van der Waals surface area contributed by atoms with Crippen molar-refractivity contribution in [3.05, 3.63) is 0 Å². The summed E-state index contributed by atoms with van der Waals surface area (Å²) in [6.45, 7) is 1.71. The van der Waals surface area contributed by atoms with Crippen LogP contribution < -0.4 is 5.14 Å². The molecule has 0 aliphatic heterocycles. The molecular formula is C4H9NO3S. The minimum Gasteiger partial charge on any atom is -0.280 e. The average Bonchev–Trinajstić information content (AvgIpc) is 1.64. The van der Waals surface area contributed by atoms with Gasteiger partial charge in [-0.1, -0.05) is 6.92 Å². The lowest BCUT2D eigenvalue weighted by atomic mass is 10.4. The molecule has 2 N–H and O–H groups in total. The summed E-state index contributed by atoms with van der Waals surface area (Å²) in [5.41, 5.74) is 0. The quantitative estimate of drug-likeness (QED) is 0.583. The maximum Gasteiger partial charge on any atom is 0.271 e. The fraction of sp³-hybridized carbons (Fsp3) is 0.750. The normalized spacial score (nSPS) is 11.3. The molecular weight excluding hydrogens is 142 g/mol. The Balaban J connectivity index is 4.08. The van der Waals surface area contributed by atoms with Crippen molar-refractivity contribution < 1.29 is 13.2 Å². The molecule has 0 atom stereocenters. The van der Waals surface area contributed by atoms with Crippen molar-refractivity contribution in [2.45, 2.75) is 19.8 Å². The molecule has 0 saturated heterocycles. The SMILES string of the molecule is CCCC(=O)S(N)(=O)=O. The van der Waals surface area contributed by atoms with Crippen molar-refractivity contribution in [3.63, 3.8) is 0 Å². The third-order valence-electron chi connectivity index (χ3n) is 0.771. The molecule has 0 radical (unpaired) electrons. The molecule has 0 heterocycles. The highest BCUT2D eigenvalue weighted by Gasteiger charge is 2.13. The second-order valence-electron chi connectivity index (χ2n) is 1.67. The van der Waals surface area contributed by atoms with Crippen molar-refractivity contribution in [3.8, 4) is 0 Å². The molecule has 0 aromatic rings. The zero-order valence-corrected chi connectivity index (χ0v) is 5.94. The molecule has 0 unspecified atom stereocenters. The van der Waals surface area contributed by atoms with Crippen LogP contribution in [0.2, 0.25) is 0 Å². The van der Waals surface area contributed by atoms with Gasteiger partial charge in [-0.3, -0.25) is 4.79 Å². The number of carbonyl (C=O) groups excluding carboxylic acids is 1. The van der Waals surface area contributed by atoms with Gasteiger partial charge in [-0.2, -0.15) is 0 Å². The van der Waals surface area contributed by atoms with E-state index in [2.05, 4.69) is 5.14 Å². The Morgan fingerprint density at radius 1 is 1.56 bits per heavy atom. The predicted molar refractivity (Wildman–Crippen MR) is 33.0 cm³/mol. The molecule has 0 bridgehead atoms. The summed E-state index contributed by atoms with van der Waals surface area (Å²) in [6.07, 6.45) is 0.522. The van der Waals surface area contributed by atoms with Gasteiger partial charge in [0.2, 0.25) is 0 Å². The molecule has 0 rings (SSSR count). The van der Waals surface area contributed by atoms with Crippen LogP contribution in [0.4, 0.5) is 0 Å². The number of carbonyl (C=O) groups is 1. The van der Waals surface area contributed by atoms with Crippen LogP contribution in [-0.4, -0.2) is 13.5 Å². The van der Waals surface area contributed by atoms with E-state index in [-0.39, 0.29) is 6.42 Å². The van der Waals surface area contributed by atoms with E-state index in [9.17, 15) is 13.2 Å². The summed E-state index contributed by atoms with van der Waals surface area (Å²) in [4.78, 5) is 10.4. The number of hydrogen-bond donors (Lipinski definition) is 1. The van der Waals surface area contributed by atoms with E-state index < -0.39 is 15.1 Å². The van der Waals surface area contributed by atoms with Crippen molar-refractivity contribution in [2.24, 2.45) is 5.14 Å². The molecule has 0 spiro atoms. The van der Waals surface area contributed by atoms with Crippen LogP contribution in [-0.2, 0) is 14.8 Å². The van der Waals surface area contributed by atoms with Crippen LogP contribution in [0.1, 0.15) is 19.8 Å². The molecule has 5 heteroatoms. The summed E-state index contributed by atoms with van der Waals surface area (Å²) in [7, 11) is -3.90. The molecule has 9 heavy (non-hydrogen) atoms. The first-order valence-electron chi connectivity index (χ1n) is 2.54. The first-order chi connectivity index (χ1) is 3.98. The zero-order chi connectivity index (χ0) is 7.49. The van der Waals surface area contributed by atoms with Crippen LogP contribution >= 0.6 is 0 Å². The Bertz CT molecular complexity index is 194. The highest BCUT2D eigenvalue weighted by atomic mass is 32.2. The number of primary sulfonamides is 1. The van der Waals surface area contributed by atoms with E-state index in [4.69, 9.17) is 0 Å². The van der Waals surface area contributed by atoms with Gasteiger partial charge in [0.25, 0.3) is 15.1 Å². The van der Waals surface area contributed by atoms with Crippen molar-refractivity contribution in [2.75, 3.05) is 0 Å². The van der Waals surface area contributed by atoms with Gasteiger partial charge in [0.05, 0.1) is 0 Å². The van der Waals surface area contributed by atoms with Gasteiger partial charge in [-0.25, -0.2) is 13.6 Å². The highest BCUT2D eigenvalue weighted by Crippen LogP contribution is 1.92. The number of hydrogen-bond acceptors (Lipinski definition) is 3. The van der Waals surface area contributed by atoms with E-state index in [1.54, 1.807) is 6.92 Å². The Morgan fingerprint density at radius 2 is 2.00 bits per heavy atom. The second-order valence-corrected chi connectivity index (χ2v) is 3.21. The number of rotatable bonds is 2. The van der Waals surface area contributed by atoms with E-state index in [1.165, 1.54) is 0 Å². The third kappa shape index (κ3) is 3.21. The zero-order valence-electron chi connectivity index (χ0n) is 5.12. The van der Waals surface area contributed by atoms with Gasteiger partial charge in [-0.15, -0.1) is 0 Å². The second kappa shape index (κ2) is 2.93. The Hall–Kier alpha value is -0.420. The minimum atomic E-state index is -3.90. The van der Waals surface area contributed by atoms with Gasteiger partial charge in [-0.05, 0) is 6.42 Å². The number of sulfonamides is 1. The van der Waals surface area contributed by atoms with E-state index >= 15 is 0 Å². The molecule has 0 fully saturated rings. The molecule has 0 saturated carbocycles. The molecule has 54 valence electrons. The van der Waals surface area contributed by atoms with Gasteiger partial charge in [0.15, 0.2) is 0 Å². The maximum atomic E-state index is 10.4. The van der Waals surface area contributed by atoms with Crippen molar-refractivity contribution in [1.29, 1.82) is 0 Å². The third-order valence-corrected chi connectivity index (χ3v) is 1.61. The Morgan fingerprint density at radius 3 is 2.11 bits per heavy atom. The van der Waals surface area contributed by atoms with Crippen LogP contribution in [0, 0.1) is 0 Å². The molecule has 0 aromatic heterocycles. The predicted octanol–water partition coefficient (Wildman–Crippen LogP) is -0.398. The number of nitrogens with two attached hydrogens (primary N) is 1. The molecule has 4 nitrogen and oxygen atoms in total. The van der Waals surface area contributed by atoms with Gasteiger partial charge in [0.1, 0.15) is 0 Å². The lowest BCUT2D eigenvalue weighted by Crippen LogP contribution is -2.22. The first-order valence-corrected chi connectivity index (χ1v) is 4.08. The average molecular weight is 151 g/mol. The smallest absolute Gasteiger partial charge is 0.271 e. The van der Waals surface area contributed by atoms with Crippen LogP contribution in [0.25, 0.3) is 0 Å². The largest absolute Gasteiger partial charge is 0.280 e. The van der Waals surface area contributed by atoms with Crippen molar-refractivity contribution in [1.82, 2.24) is 0 Å². The van der Waals surface area contributed by atoms with Crippen LogP contribution in [0.3, 0.4) is 0 Å². The van der Waals surface area contributed by atoms with E-state index in [0.717, 1.165) is 0 Å². The summed E-state index contributed by atoms with van der Waals surface area (Å²) in [6, 6.07) is 0. The van der Waals surface area contributed by atoms with E-state index in [1.807, 2.05) is 0 Å².